The van der Waals surface area contributed by atoms with Crippen molar-refractivity contribution in [2.75, 3.05) is 16.8 Å². The number of amides is 2. The number of alkyl halides is 2. The topological polar surface area (TPSA) is 49.4 Å². The van der Waals surface area contributed by atoms with Crippen molar-refractivity contribution >= 4 is 35.0 Å². The van der Waals surface area contributed by atoms with Crippen molar-refractivity contribution in [2.24, 2.45) is 0 Å². The standard InChI is InChI=1S/C18H16F2N2O2S/c19-18(20)25-15-9-3-12(4-10-15)17(24)21-13-5-7-14(8-6-13)22-11-1-2-16(22)23/h3-10,18H,1-2,11H2,(H,21,24). The Morgan fingerprint density at radius 3 is 2.32 bits per heavy atom. The van der Waals surface area contributed by atoms with Crippen molar-refractivity contribution in [3.63, 3.8) is 0 Å². The Morgan fingerprint density at radius 2 is 1.76 bits per heavy atom. The minimum atomic E-state index is -2.49. The minimum Gasteiger partial charge on any atom is -0.322 e. The van der Waals surface area contributed by atoms with Gasteiger partial charge in [-0.25, -0.2) is 0 Å². The fourth-order valence-corrected chi connectivity index (χ4v) is 3.14. The van der Waals surface area contributed by atoms with E-state index in [4.69, 9.17) is 0 Å². The number of halogens is 2. The SMILES string of the molecule is O=C(Nc1ccc(N2CCCC2=O)cc1)c1ccc(SC(F)F)cc1. The summed E-state index contributed by atoms with van der Waals surface area (Å²) in [6.07, 6.45) is 1.43. The second-order valence-electron chi connectivity index (χ2n) is 5.55. The van der Waals surface area contributed by atoms with Crippen LogP contribution in [0.1, 0.15) is 23.2 Å². The molecule has 2 amide bonds. The van der Waals surface area contributed by atoms with E-state index in [1.807, 2.05) is 0 Å². The van der Waals surface area contributed by atoms with Gasteiger partial charge in [0.2, 0.25) is 5.91 Å². The molecule has 1 aliphatic heterocycles. The summed E-state index contributed by atoms with van der Waals surface area (Å²) >= 11 is 0.439. The molecule has 0 spiro atoms. The van der Waals surface area contributed by atoms with Crippen LogP contribution in [0.2, 0.25) is 0 Å². The van der Waals surface area contributed by atoms with Gasteiger partial charge in [0.1, 0.15) is 0 Å². The number of carbonyl (C=O) groups excluding carboxylic acids is 2. The Bertz CT molecular complexity index is 764. The highest BCUT2D eigenvalue weighted by Crippen LogP contribution is 2.26. The average molecular weight is 362 g/mol. The highest BCUT2D eigenvalue weighted by Gasteiger charge is 2.21. The van der Waals surface area contributed by atoms with E-state index in [-0.39, 0.29) is 11.8 Å². The van der Waals surface area contributed by atoms with Crippen molar-refractivity contribution in [3.05, 3.63) is 54.1 Å². The quantitative estimate of drug-likeness (QED) is 0.803. The van der Waals surface area contributed by atoms with Crippen LogP contribution in [0.15, 0.2) is 53.4 Å². The van der Waals surface area contributed by atoms with Gasteiger partial charge < -0.3 is 10.2 Å². The lowest BCUT2D eigenvalue weighted by molar-refractivity contribution is -0.117. The summed E-state index contributed by atoms with van der Waals surface area (Å²) in [5.74, 6) is -2.70. The fraction of sp³-hybridized carbons (Fsp3) is 0.222. The van der Waals surface area contributed by atoms with Gasteiger partial charge in [-0.2, -0.15) is 8.78 Å². The molecular formula is C18H16F2N2O2S. The highest BCUT2D eigenvalue weighted by molar-refractivity contribution is 7.99. The van der Waals surface area contributed by atoms with Gasteiger partial charge in [0.15, 0.2) is 0 Å². The molecule has 2 aromatic carbocycles. The van der Waals surface area contributed by atoms with E-state index in [9.17, 15) is 18.4 Å². The van der Waals surface area contributed by atoms with Gasteiger partial charge in [0, 0.05) is 34.8 Å². The van der Waals surface area contributed by atoms with E-state index in [2.05, 4.69) is 5.32 Å². The third-order valence-electron chi connectivity index (χ3n) is 3.85. The summed E-state index contributed by atoms with van der Waals surface area (Å²) in [7, 11) is 0. The van der Waals surface area contributed by atoms with E-state index in [1.165, 1.54) is 24.3 Å². The molecule has 25 heavy (non-hydrogen) atoms. The summed E-state index contributed by atoms with van der Waals surface area (Å²) in [5, 5.41) is 2.75. The maximum atomic E-state index is 12.3. The number of carbonyl (C=O) groups is 2. The molecule has 0 aliphatic carbocycles. The Balaban J connectivity index is 1.63. The number of rotatable bonds is 5. The predicted octanol–water partition coefficient (Wildman–Crippen LogP) is 4.38. The Kier molecular flexibility index (Phi) is 5.33. The number of hydrogen-bond acceptors (Lipinski definition) is 3. The van der Waals surface area contributed by atoms with Crippen molar-refractivity contribution in [1.29, 1.82) is 0 Å². The maximum Gasteiger partial charge on any atom is 0.288 e. The molecule has 130 valence electrons. The molecule has 1 saturated heterocycles. The smallest absolute Gasteiger partial charge is 0.288 e. The molecule has 3 rings (SSSR count). The molecular weight excluding hydrogens is 346 g/mol. The number of thioether (sulfide) groups is 1. The monoisotopic (exact) mass is 362 g/mol. The van der Waals surface area contributed by atoms with Gasteiger partial charge in [-0.1, -0.05) is 11.8 Å². The first-order valence-electron chi connectivity index (χ1n) is 7.79. The first-order valence-corrected chi connectivity index (χ1v) is 8.67. The Hall–Kier alpha value is -2.41. The van der Waals surface area contributed by atoms with Gasteiger partial charge in [-0.05, 0) is 55.0 Å². The lowest BCUT2D eigenvalue weighted by atomic mass is 10.2. The molecule has 1 heterocycles. The molecule has 0 radical (unpaired) electrons. The Labute approximate surface area is 148 Å². The van der Waals surface area contributed by atoms with Crippen LogP contribution >= 0.6 is 11.8 Å². The zero-order chi connectivity index (χ0) is 17.8. The van der Waals surface area contributed by atoms with Crippen LogP contribution in [-0.4, -0.2) is 24.1 Å². The number of nitrogens with zero attached hydrogens (tertiary/aromatic N) is 1. The first kappa shape index (κ1) is 17.4. The van der Waals surface area contributed by atoms with E-state index >= 15 is 0 Å². The van der Waals surface area contributed by atoms with Crippen LogP contribution in [-0.2, 0) is 4.79 Å². The average Bonchev–Trinajstić information content (AvgIpc) is 3.02. The van der Waals surface area contributed by atoms with Gasteiger partial charge in [0.25, 0.3) is 11.7 Å². The van der Waals surface area contributed by atoms with Gasteiger partial charge in [-0.3, -0.25) is 9.59 Å². The van der Waals surface area contributed by atoms with Crippen molar-refractivity contribution in [1.82, 2.24) is 0 Å². The fourth-order valence-electron chi connectivity index (χ4n) is 2.64. The molecule has 2 aromatic rings. The molecule has 0 atom stereocenters. The molecule has 7 heteroatoms. The lowest BCUT2D eigenvalue weighted by Crippen LogP contribution is -2.23. The molecule has 0 aromatic heterocycles. The summed E-state index contributed by atoms with van der Waals surface area (Å²) < 4.78 is 24.6. The number of hydrogen-bond donors (Lipinski definition) is 1. The van der Waals surface area contributed by atoms with E-state index in [1.54, 1.807) is 29.2 Å². The molecule has 0 saturated carbocycles. The summed E-state index contributed by atoms with van der Waals surface area (Å²) in [5.41, 5.74) is 1.80. The summed E-state index contributed by atoms with van der Waals surface area (Å²) in [6, 6.07) is 13.1. The zero-order valence-corrected chi connectivity index (χ0v) is 14.1. The molecule has 1 N–H and O–H groups in total. The largest absolute Gasteiger partial charge is 0.322 e. The van der Waals surface area contributed by atoms with Crippen LogP contribution in [0.3, 0.4) is 0 Å². The van der Waals surface area contributed by atoms with E-state index < -0.39 is 5.76 Å². The number of benzene rings is 2. The molecule has 4 nitrogen and oxygen atoms in total. The van der Waals surface area contributed by atoms with Gasteiger partial charge in [0.05, 0.1) is 0 Å². The predicted molar refractivity (Wildman–Crippen MR) is 94.3 cm³/mol. The second kappa shape index (κ2) is 7.65. The molecule has 1 fully saturated rings. The van der Waals surface area contributed by atoms with Crippen LogP contribution in [0.4, 0.5) is 20.2 Å². The highest BCUT2D eigenvalue weighted by atomic mass is 32.2. The van der Waals surface area contributed by atoms with Crippen molar-refractivity contribution in [2.45, 2.75) is 23.5 Å². The van der Waals surface area contributed by atoms with Gasteiger partial charge >= 0.3 is 0 Å². The van der Waals surface area contributed by atoms with Gasteiger partial charge in [-0.15, -0.1) is 0 Å². The van der Waals surface area contributed by atoms with Crippen LogP contribution < -0.4 is 10.2 Å². The minimum absolute atomic E-state index is 0.110. The van der Waals surface area contributed by atoms with Crippen LogP contribution in [0.5, 0.6) is 0 Å². The maximum absolute atomic E-state index is 12.3. The molecule has 0 unspecified atom stereocenters. The molecule has 0 bridgehead atoms. The Morgan fingerprint density at radius 1 is 1.08 bits per heavy atom. The first-order chi connectivity index (χ1) is 12.0. The third kappa shape index (κ3) is 4.36. The summed E-state index contributed by atoms with van der Waals surface area (Å²) in [6.45, 7) is 0.716. The second-order valence-corrected chi connectivity index (χ2v) is 6.62. The van der Waals surface area contributed by atoms with Crippen molar-refractivity contribution < 1.29 is 18.4 Å². The van der Waals surface area contributed by atoms with Crippen LogP contribution in [0, 0.1) is 0 Å². The number of anilines is 2. The normalized spacial score (nSPS) is 14.2. The lowest BCUT2D eigenvalue weighted by Gasteiger charge is -2.16. The van der Waals surface area contributed by atoms with Crippen LogP contribution in [0.25, 0.3) is 0 Å². The number of nitrogens with one attached hydrogen (secondary N) is 1. The third-order valence-corrected chi connectivity index (χ3v) is 4.57. The van der Waals surface area contributed by atoms with Crippen molar-refractivity contribution in [3.8, 4) is 0 Å². The summed E-state index contributed by atoms with van der Waals surface area (Å²) in [4.78, 5) is 26.1. The molecule has 1 aliphatic rings. The van der Waals surface area contributed by atoms with E-state index in [0.29, 0.717) is 40.9 Å². The zero-order valence-electron chi connectivity index (χ0n) is 13.2. The van der Waals surface area contributed by atoms with E-state index in [0.717, 1.165) is 12.1 Å².